The number of hydrogen-bond acceptors (Lipinski definition) is 4. The molecular formula is C24H19N5O. The third-order valence-corrected chi connectivity index (χ3v) is 5.22. The van der Waals surface area contributed by atoms with Crippen LogP contribution in [0.2, 0.25) is 0 Å². The summed E-state index contributed by atoms with van der Waals surface area (Å²) in [4.78, 5) is 21.7. The summed E-state index contributed by atoms with van der Waals surface area (Å²) in [5.41, 5.74) is 10.6. The lowest BCUT2D eigenvalue weighted by atomic mass is 10.0. The zero-order valence-corrected chi connectivity index (χ0v) is 16.4. The Morgan fingerprint density at radius 1 is 0.900 bits per heavy atom. The fraction of sp³-hybridized carbons (Fsp3) is 0.0417. The van der Waals surface area contributed by atoms with Crippen molar-refractivity contribution >= 4 is 16.9 Å². The Labute approximate surface area is 172 Å². The third-order valence-electron chi connectivity index (χ3n) is 5.22. The first-order chi connectivity index (χ1) is 14.6. The number of nitrogens with zero attached hydrogens (tertiary/aromatic N) is 4. The Morgan fingerprint density at radius 3 is 2.40 bits per heavy atom. The van der Waals surface area contributed by atoms with Crippen LogP contribution in [-0.4, -0.2) is 19.1 Å². The molecular weight excluding hydrogens is 374 g/mol. The van der Waals surface area contributed by atoms with E-state index in [1.807, 2.05) is 90.7 Å². The molecule has 3 aromatic heterocycles. The van der Waals surface area contributed by atoms with Crippen molar-refractivity contribution in [2.24, 2.45) is 0 Å². The molecule has 5 aromatic rings. The largest absolute Gasteiger partial charge is 0.368 e. The molecule has 0 bridgehead atoms. The van der Waals surface area contributed by atoms with Gasteiger partial charge in [0.15, 0.2) is 0 Å². The minimum absolute atomic E-state index is 0.0700. The molecule has 5 rings (SSSR count). The van der Waals surface area contributed by atoms with E-state index in [9.17, 15) is 4.79 Å². The molecule has 0 saturated carbocycles. The number of aryl methyl sites for hydroxylation is 1. The average molecular weight is 393 g/mol. The standard InChI is InChI=1S/C24H19N5O/c1-16-10-13-29(20-7-5-19(6-8-20)28-11-2-3-12-28)23(30)22(16)17-4-9-21-18(14-17)15-26-24(25)27-21/h2-15H,1H3,(H2,25,26,27). The summed E-state index contributed by atoms with van der Waals surface area (Å²) in [5, 5.41) is 0.840. The molecule has 0 saturated heterocycles. The number of nitrogens with two attached hydrogens (primary N) is 1. The third kappa shape index (κ3) is 3.04. The summed E-state index contributed by atoms with van der Waals surface area (Å²) >= 11 is 0. The van der Waals surface area contributed by atoms with Gasteiger partial charge in [-0.15, -0.1) is 0 Å². The van der Waals surface area contributed by atoms with Gasteiger partial charge in [-0.2, -0.15) is 0 Å². The summed E-state index contributed by atoms with van der Waals surface area (Å²) in [6, 6.07) is 19.5. The average Bonchev–Trinajstić information content (AvgIpc) is 3.29. The molecule has 0 aliphatic heterocycles. The molecule has 2 aromatic carbocycles. The molecule has 0 fully saturated rings. The van der Waals surface area contributed by atoms with Crippen LogP contribution < -0.4 is 11.3 Å². The Hall–Kier alpha value is -4.19. The number of benzene rings is 2. The van der Waals surface area contributed by atoms with Gasteiger partial charge in [0.25, 0.3) is 5.56 Å². The maximum absolute atomic E-state index is 13.4. The van der Waals surface area contributed by atoms with E-state index in [1.165, 1.54) is 0 Å². The normalized spacial score (nSPS) is 11.1. The van der Waals surface area contributed by atoms with Crippen LogP contribution in [0, 0.1) is 6.92 Å². The van der Waals surface area contributed by atoms with Crippen molar-refractivity contribution < 1.29 is 0 Å². The van der Waals surface area contributed by atoms with Crippen LogP contribution in [0.5, 0.6) is 0 Å². The smallest absolute Gasteiger partial charge is 0.263 e. The van der Waals surface area contributed by atoms with Gasteiger partial charge in [-0.3, -0.25) is 9.36 Å². The van der Waals surface area contributed by atoms with Crippen molar-refractivity contribution in [3.8, 4) is 22.5 Å². The summed E-state index contributed by atoms with van der Waals surface area (Å²) < 4.78 is 3.70. The van der Waals surface area contributed by atoms with Gasteiger partial charge in [-0.1, -0.05) is 6.07 Å². The van der Waals surface area contributed by atoms with Crippen molar-refractivity contribution in [1.82, 2.24) is 19.1 Å². The van der Waals surface area contributed by atoms with Gasteiger partial charge in [0, 0.05) is 41.5 Å². The number of hydrogen-bond donors (Lipinski definition) is 1. The Balaban J connectivity index is 1.61. The maximum Gasteiger partial charge on any atom is 0.263 e. The van der Waals surface area contributed by atoms with E-state index in [2.05, 4.69) is 9.97 Å². The Morgan fingerprint density at radius 2 is 1.63 bits per heavy atom. The van der Waals surface area contributed by atoms with Crippen LogP contribution in [0.1, 0.15) is 5.56 Å². The molecule has 2 N–H and O–H groups in total. The molecule has 0 amide bonds. The van der Waals surface area contributed by atoms with Crippen molar-refractivity contribution in [2.75, 3.05) is 5.73 Å². The van der Waals surface area contributed by atoms with E-state index in [4.69, 9.17) is 5.73 Å². The van der Waals surface area contributed by atoms with Crippen LogP contribution in [0.4, 0.5) is 5.95 Å². The van der Waals surface area contributed by atoms with Crippen LogP contribution in [-0.2, 0) is 0 Å². The van der Waals surface area contributed by atoms with E-state index in [-0.39, 0.29) is 11.5 Å². The van der Waals surface area contributed by atoms with Gasteiger partial charge < -0.3 is 10.3 Å². The van der Waals surface area contributed by atoms with Crippen molar-refractivity contribution in [1.29, 1.82) is 0 Å². The van der Waals surface area contributed by atoms with E-state index in [0.29, 0.717) is 5.56 Å². The van der Waals surface area contributed by atoms with Gasteiger partial charge in [-0.25, -0.2) is 9.97 Å². The highest BCUT2D eigenvalue weighted by atomic mass is 16.1. The SMILES string of the molecule is Cc1ccn(-c2ccc(-n3cccc3)cc2)c(=O)c1-c1ccc2nc(N)ncc2c1. The molecule has 0 unspecified atom stereocenters. The zero-order chi connectivity index (χ0) is 20.7. The topological polar surface area (TPSA) is 78.7 Å². The molecule has 146 valence electrons. The molecule has 6 heteroatoms. The van der Waals surface area contributed by atoms with Gasteiger partial charge in [0.2, 0.25) is 5.95 Å². The number of anilines is 1. The second kappa shape index (κ2) is 7.00. The predicted octanol–water partition coefficient (Wildman–Crippen LogP) is 4.13. The monoisotopic (exact) mass is 393 g/mol. The fourth-order valence-corrected chi connectivity index (χ4v) is 3.68. The van der Waals surface area contributed by atoms with E-state index >= 15 is 0 Å². The zero-order valence-electron chi connectivity index (χ0n) is 16.4. The van der Waals surface area contributed by atoms with Crippen LogP contribution >= 0.6 is 0 Å². The predicted molar refractivity (Wildman–Crippen MR) is 119 cm³/mol. The highest BCUT2D eigenvalue weighted by Crippen LogP contribution is 2.24. The Bertz CT molecular complexity index is 1420. The molecule has 0 spiro atoms. The summed E-state index contributed by atoms with van der Waals surface area (Å²) in [6.45, 7) is 1.94. The maximum atomic E-state index is 13.4. The second-order valence-corrected chi connectivity index (χ2v) is 7.16. The van der Waals surface area contributed by atoms with Gasteiger partial charge in [0.1, 0.15) is 0 Å². The van der Waals surface area contributed by atoms with Gasteiger partial charge in [0.05, 0.1) is 11.1 Å². The van der Waals surface area contributed by atoms with Crippen LogP contribution in [0.25, 0.3) is 33.4 Å². The van der Waals surface area contributed by atoms with Gasteiger partial charge in [-0.05, 0) is 72.6 Å². The molecule has 0 atom stereocenters. The van der Waals surface area contributed by atoms with Gasteiger partial charge >= 0.3 is 0 Å². The number of fused-ring (bicyclic) bond motifs is 1. The minimum Gasteiger partial charge on any atom is -0.368 e. The fourth-order valence-electron chi connectivity index (χ4n) is 3.68. The van der Waals surface area contributed by atoms with Crippen LogP contribution in [0.3, 0.4) is 0 Å². The molecule has 0 radical (unpaired) electrons. The second-order valence-electron chi connectivity index (χ2n) is 7.16. The lowest BCUT2D eigenvalue weighted by Gasteiger charge is -2.12. The highest BCUT2D eigenvalue weighted by molar-refractivity contribution is 5.85. The summed E-state index contributed by atoms with van der Waals surface area (Å²) in [5.74, 6) is 0.233. The number of nitrogen functional groups attached to an aromatic ring is 1. The first kappa shape index (κ1) is 17.9. The summed E-state index contributed by atoms with van der Waals surface area (Å²) in [6.07, 6.45) is 7.47. The molecule has 6 nitrogen and oxygen atoms in total. The highest BCUT2D eigenvalue weighted by Gasteiger charge is 2.12. The lowest BCUT2D eigenvalue weighted by molar-refractivity contribution is 0.981. The molecule has 30 heavy (non-hydrogen) atoms. The Kier molecular flexibility index (Phi) is 4.17. The molecule has 3 heterocycles. The summed E-state index contributed by atoms with van der Waals surface area (Å²) in [7, 11) is 0. The van der Waals surface area contributed by atoms with E-state index < -0.39 is 0 Å². The van der Waals surface area contributed by atoms with Crippen molar-refractivity contribution in [3.05, 3.63) is 101 Å². The molecule has 0 aliphatic rings. The number of aromatic nitrogens is 4. The van der Waals surface area contributed by atoms with E-state index in [1.54, 1.807) is 10.8 Å². The van der Waals surface area contributed by atoms with Crippen LogP contribution in [0.15, 0.2) is 90.2 Å². The van der Waals surface area contributed by atoms with Crippen molar-refractivity contribution in [2.45, 2.75) is 6.92 Å². The van der Waals surface area contributed by atoms with Crippen molar-refractivity contribution in [3.63, 3.8) is 0 Å². The number of pyridine rings is 1. The molecule has 0 aliphatic carbocycles. The van der Waals surface area contributed by atoms with E-state index in [0.717, 1.165) is 33.4 Å². The quantitative estimate of drug-likeness (QED) is 0.500. The first-order valence-electron chi connectivity index (χ1n) is 9.59. The lowest BCUT2D eigenvalue weighted by Crippen LogP contribution is -2.20. The minimum atomic E-state index is -0.0700. The number of rotatable bonds is 3. The first-order valence-corrected chi connectivity index (χ1v) is 9.59.